The van der Waals surface area contributed by atoms with E-state index in [0.29, 0.717) is 0 Å². The molecule has 1 N–H and O–H groups in total. The highest BCUT2D eigenvalue weighted by molar-refractivity contribution is 14.0. The van der Waals surface area contributed by atoms with Crippen LogP contribution < -0.4 is 5.32 Å². The van der Waals surface area contributed by atoms with E-state index in [2.05, 4.69) is 55.9 Å². The first-order valence-corrected chi connectivity index (χ1v) is 8.76. The highest BCUT2D eigenvalue weighted by Crippen LogP contribution is 2.16. The number of aryl methyl sites for hydroxylation is 2. The monoisotopic (exact) mass is 477 g/mol. The molecule has 0 spiro atoms. The summed E-state index contributed by atoms with van der Waals surface area (Å²) in [5.41, 5.74) is 2.25. The van der Waals surface area contributed by atoms with Crippen LogP contribution in [0.1, 0.15) is 22.3 Å². The van der Waals surface area contributed by atoms with Crippen LogP contribution >= 0.6 is 35.3 Å². The zero-order valence-corrected chi connectivity index (χ0v) is 18.9. The summed E-state index contributed by atoms with van der Waals surface area (Å²) in [5.74, 6) is 0.858. The fraction of sp³-hybridized carbons (Fsp3) is 0.562. The van der Waals surface area contributed by atoms with E-state index in [1.165, 1.54) is 5.56 Å². The Labute approximate surface area is 171 Å². The Morgan fingerprint density at radius 3 is 2.60 bits per heavy atom. The van der Waals surface area contributed by atoms with Gasteiger partial charge < -0.3 is 15.1 Å². The number of guanidine groups is 1. The number of nitrogens with one attached hydrogen (secondary N) is 1. The van der Waals surface area contributed by atoms with E-state index in [9.17, 15) is 0 Å². The number of nitrogens with zero attached hydrogens (tertiary/aromatic N) is 6. The summed E-state index contributed by atoms with van der Waals surface area (Å²) in [6.45, 7) is 3.52. The van der Waals surface area contributed by atoms with Crippen LogP contribution in [-0.2, 0) is 13.6 Å². The van der Waals surface area contributed by atoms with Crippen LogP contribution in [0.4, 0.5) is 0 Å². The van der Waals surface area contributed by atoms with Crippen molar-refractivity contribution in [2.45, 2.75) is 19.5 Å². The van der Waals surface area contributed by atoms with Gasteiger partial charge in [-0.1, -0.05) is 0 Å². The first-order valence-electron chi connectivity index (χ1n) is 7.88. The molecule has 0 radical (unpaired) electrons. The predicted molar refractivity (Wildman–Crippen MR) is 115 cm³/mol. The lowest BCUT2D eigenvalue weighted by molar-refractivity contribution is 0.295. The average Bonchev–Trinajstić information content (AvgIpc) is 3.12. The van der Waals surface area contributed by atoms with Crippen LogP contribution in [0.15, 0.2) is 22.8 Å². The fourth-order valence-corrected chi connectivity index (χ4v) is 3.19. The number of likely N-dealkylation sites (N-methyl/N-ethyl adjacent to an activating group) is 1. The molecule has 0 fully saturated rings. The molecule has 2 aromatic rings. The van der Waals surface area contributed by atoms with Crippen molar-refractivity contribution in [2.75, 3.05) is 34.7 Å². The van der Waals surface area contributed by atoms with Gasteiger partial charge in [-0.3, -0.25) is 9.67 Å². The molecular weight excluding hydrogens is 449 g/mol. The van der Waals surface area contributed by atoms with E-state index < -0.39 is 0 Å². The summed E-state index contributed by atoms with van der Waals surface area (Å²) in [6.07, 6.45) is 3.97. The van der Waals surface area contributed by atoms with Crippen molar-refractivity contribution in [1.82, 2.24) is 29.9 Å². The van der Waals surface area contributed by atoms with E-state index in [4.69, 9.17) is 0 Å². The fourth-order valence-electron chi connectivity index (χ4n) is 2.58. The van der Waals surface area contributed by atoms with Crippen molar-refractivity contribution in [1.29, 1.82) is 0 Å². The molecule has 9 heteroatoms. The number of aromatic nitrogens is 3. The number of hydrogen-bond acceptors (Lipinski definition) is 5. The van der Waals surface area contributed by atoms with Gasteiger partial charge in [0.2, 0.25) is 0 Å². The van der Waals surface area contributed by atoms with Gasteiger partial charge in [-0.2, -0.15) is 5.10 Å². The Hall–Kier alpha value is -1.20. The van der Waals surface area contributed by atoms with Crippen molar-refractivity contribution < 1.29 is 0 Å². The van der Waals surface area contributed by atoms with Gasteiger partial charge in [0.15, 0.2) is 5.96 Å². The maximum Gasteiger partial charge on any atom is 0.193 e. The van der Waals surface area contributed by atoms with Gasteiger partial charge in [-0.05, 0) is 21.0 Å². The maximum absolute atomic E-state index is 4.52. The summed E-state index contributed by atoms with van der Waals surface area (Å²) in [4.78, 5) is 13.2. The molecule has 0 amide bonds. The molecule has 1 unspecified atom stereocenters. The smallest absolute Gasteiger partial charge is 0.193 e. The molecule has 0 aliphatic heterocycles. The number of halogens is 1. The molecule has 140 valence electrons. The van der Waals surface area contributed by atoms with Crippen molar-refractivity contribution in [2.24, 2.45) is 12.0 Å². The normalized spacial score (nSPS) is 12.8. The molecular formula is C16H28IN7S. The van der Waals surface area contributed by atoms with Crippen LogP contribution in [0.3, 0.4) is 0 Å². The van der Waals surface area contributed by atoms with Gasteiger partial charge in [-0.25, -0.2) is 4.98 Å². The number of hydrogen-bond donors (Lipinski definition) is 1. The lowest BCUT2D eigenvalue weighted by Gasteiger charge is -2.27. The number of rotatable bonds is 6. The van der Waals surface area contributed by atoms with Crippen LogP contribution in [0.2, 0.25) is 0 Å². The second-order valence-electron chi connectivity index (χ2n) is 6.07. The quantitative estimate of drug-likeness (QED) is 0.393. The largest absolute Gasteiger partial charge is 0.354 e. The number of thiazole rings is 1. The SMILES string of the molecule is CN=C(NCC(c1cnn(C)c1)N(C)C)N(C)Cc1csc(C)n1.I. The third kappa shape index (κ3) is 6.23. The molecule has 2 aromatic heterocycles. The van der Waals surface area contributed by atoms with E-state index in [1.807, 2.05) is 31.9 Å². The van der Waals surface area contributed by atoms with Crippen molar-refractivity contribution >= 4 is 41.3 Å². The molecule has 7 nitrogen and oxygen atoms in total. The van der Waals surface area contributed by atoms with Gasteiger partial charge >= 0.3 is 0 Å². The molecule has 1 atom stereocenters. The minimum Gasteiger partial charge on any atom is -0.354 e. The maximum atomic E-state index is 4.52. The molecule has 25 heavy (non-hydrogen) atoms. The van der Waals surface area contributed by atoms with E-state index in [1.54, 1.807) is 18.4 Å². The second-order valence-corrected chi connectivity index (χ2v) is 7.13. The van der Waals surface area contributed by atoms with E-state index in [0.717, 1.165) is 29.8 Å². The first kappa shape index (κ1) is 21.8. The van der Waals surface area contributed by atoms with E-state index in [-0.39, 0.29) is 30.0 Å². The Kier molecular flexibility index (Phi) is 8.80. The third-order valence-corrected chi connectivity index (χ3v) is 4.65. The minimum absolute atomic E-state index is 0. The Morgan fingerprint density at radius 1 is 1.40 bits per heavy atom. The molecule has 2 rings (SSSR count). The Bertz CT molecular complexity index is 680. The molecule has 2 heterocycles. The highest BCUT2D eigenvalue weighted by Gasteiger charge is 2.17. The van der Waals surface area contributed by atoms with Crippen LogP contribution in [-0.4, -0.2) is 65.3 Å². The standard InChI is InChI=1S/C16H27N7S.HI/c1-12-20-14(11-24-12)10-22(5)16(17-2)18-8-15(21(3)4)13-7-19-23(6)9-13;/h7,9,11,15H,8,10H2,1-6H3,(H,17,18);1H. The van der Waals surface area contributed by atoms with Gasteiger partial charge in [0.05, 0.1) is 29.5 Å². The highest BCUT2D eigenvalue weighted by atomic mass is 127. The van der Waals surface area contributed by atoms with Gasteiger partial charge in [0.25, 0.3) is 0 Å². The molecule has 0 saturated heterocycles. The van der Waals surface area contributed by atoms with Gasteiger partial charge in [0, 0.05) is 44.8 Å². The predicted octanol–water partition coefficient (Wildman–Crippen LogP) is 2.11. The Morgan fingerprint density at radius 2 is 2.12 bits per heavy atom. The molecule has 0 aliphatic carbocycles. The number of aliphatic imine (C=N–C) groups is 1. The lowest BCUT2D eigenvalue weighted by Crippen LogP contribution is -2.42. The second kappa shape index (κ2) is 10.1. The Balaban J connectivity index is 0.00000312. The van der Waals surface area contributed by atoms with Crippen molar-refractivity contribution in [3.05, 3.63) is 34.0 Å². The van der Waals surface area contributed by atoms with Crippen molar-refractivity contribution in [3.63, 3.8) is 0 Å². The van der Waals surface area contributed by atoms with Crippen LogP contribution in [0.5, 0.6) is 0 Å². The first-order chi connectivity index (χ1) is 11.4. The summed E-state index contributed by atoms with van der Waals surface area (Å²) in [6, 6.07) is 0.227. The third-order valence-electron chi connectivity index (χ3n) is 3.83. The minimum atomic E-state index is 0. The van der Waals surface area contributed by atoms with Gasteiger partial charge in [0.1, 0.15) is 0 Å². The molecule has 0 saturated carbocycles. The van der Waals surface area contributed by atoms with Gasteiger partial charge in [-0.15, -0.1) is 35.3 Å². The summed E-state index contributed by atoms with van der Waals surface area (Å²) < 4.78 is 1.83. The van der Waals surface area contributed by atoms with E-state index >= 15 is 0 Å². The van der Waals surface area contributed by atoms with Crippen LogP contribution in [0, 0.1) is 6.92 Å². The zero-order chi connectivity index (χ0) is 17.7. The summed E-state index contributed by atoms with van der Waals surface area (Å²) in [5, 5.41) is 10.9. The topological polar surface area (TPSA) is 61.6 Å². The lowest BCUT2D eigenvalue weighted by atomic mass is 10.1. The van der Waals surface area contributed by atoms with Crippen molar-refractivity contribution in [3.8, 4) is 0 Å². The zero-order valence-electron chi connectivity index (χ0n) is 15.7. The molecule has 0 bridgehead atoms. The average molecular weight is 477 g/mol. The summed E-state index contributed by atoms with van der Waals surface area (Å²) in [7, 11) is 9.92. The van der Waals surface area contributed by atoms with Crippen LogP contribution in [0.25, 0.3) is 0 Å². The molecule has 0 aliphatic rings. The molecule has 0 aromatic carbocycles. The summed E-state index contributed by atoms with van der Waals surface area (Å²) >= 11 is 1.67.